The van der Waals surface area contributed by atoms with Crippen molar-refractivity contribution in [3.8, 4) is 0 Å². The average molecular weight is 802 g/mol. The third kappa shape index (κ3) is 12.5. The van der Waals surface area contributed by atoms with Gasteiger partial charge in [-0.05, 0) is 40.4 Å². The van der Waals surface area contributed by atoms with Crippen LogP contribution >= 0.6 is 45.6 Å². The molecular formula is C16H48N4O20P6. The van der Waals surface area contributed by atoms with Gasteiger partial charge < -0.3 is 90.6 Å². The second-order valence-electron chi connectivity index (χ2n) is 10.1. The Morgan fingerprint density at radius 2 is 0.935 bits per heavy atom. The van der Waals surface area contributed by atoms with Gasteiger partial charge in [-0.2, -0.15) is 0 Å². The molecule has 282 valence electrons. The van der Waals surface area contributed by atoms with Gasteiger partial charge in [-0.1, -0.05) is 20.8 Å². The second-order valence-corrected chi connectivity index (χ2v) is 22.0. The molecule has 0 aliphatic rings. The van der Waals surface area contributed by atoms with Crippen molar-refractivity contribution in [3.05, 3.63) is 0 Å². The number of likely N-dealkylation sites (N-methyl/N-ethyl adjacent to an activating group) is 1. The molecule has 0 aliphatic carbocycles. The Labute approximate surface area is 264 Å². The van der Waals surface area contributed by atoms with Gasteiger partial charge in [-0.15, -0.1) is 0 Å². The summed E-state index contributed by atoms with van der Waals surface area (Å²) in [6.45, 7) is 6.58. The van der Waals surface area contributed by atoms with Gasteiger partial charge in [0.05, 0.1) is 12.1 Å². The molecular weight excluding hydrogens is 754 g/mol. The van der Waals surface area contributed by atoms with Crippen LogP contribution in [-0.4, -0.2) is 128 Å². The third-order valence-electron chi connectivity index (χ3n) is 6.28. The number of nitrogens with two attached hydrogens (primary N) is 2. The van der Waals surface area contributed by atoms with E-state index < -0.39 is 85.3 Å². The Hall–Kier alpha value is 0.660. The molecule has 0 aliphatic heterocycles. The van der Waals surface area contributed by atoms with Gasteiger partial charge in [-0.25, -0.2) is 0 Å². The summed E-state index contributed by atoms with van der Waals surface area (Å²) in [7, 11) is -29.1. The summed E-state index contributed by atoms with van der Waals surface area (Å²) in [6.07, 6.45) is -0.734. The zero-order chi connectivity index (χ0) is 38.3. The van der Waals surface area contributed by atoms with Gasteiger partial charge in [0.1, 0.15) is 0 Å². The lowest BCUT2D eigenvalue weighted by atomic mass is 10.2. The maximum atomic E-state index is 11.1. The minimum atomic E-state index is -5.41. The summed E-state index contributed by atoms with van der Waals surface area (Å²) in [4.78, 5) is 107. The van der Waals surface area contributed by atoms with Gasteiger partial charge in [0, 0.05) is 12.5 Å². The summed E-state index contributed by atoms with van der Waals surface area (Å²) in [5.74, 6) is 0. The number of nitrogens with one attached hydrogen (secondary N) is 1. The Bertz CT molecular complexity index is 1180. The van der Waals surface area contributed by atoms with Crippen LogP contribution < -0.4 is 16.8 Å². The molecule has 0 radical (unpaired) electrons. The van der Waals surface area contributed by atoms with Gasteiger partial charge in [-0.3, -0.25) is 27.4 Å². The lowest BCUT2D eigenvalue weighted by Crippen LogP contribution is -2.49. The molecule has 0 rings (SSSR count). The van der Waals surface area contributed by atoms with E-state index in [1.807, 2.05) is 0 Å². The van der Waals surface area contributed by atoms with Crippen molar-refractivity contribution < 1.29 is 96.3 Å². The van der Waals surface area contributed by atoms with Crippen LogP contribution in [0.4, 0.5) is 0 Å². The quantitative estimate of drug-likeness (QED) is 0.0754. The van der Waals surface area contributed by atoms with Gasteiger partial charge in [0.15, 0.2) is 0 Å². The fourth-order valence-electron chi connectivity index (χ4n) is 3.70. The van der Waals surface area contributed by atoms with Crippen LogP contribution in [0.2, 0.25) is 0 Å². The lowest BCUT2D eigenvalue weighted by Gasteiger charge is -2.39. The van der Waals surface area contributed by atoms with Crippen LogP contribution in [0.25, 0.3) is 0 Å². The molecule has 3 unspecified atom stereocenters. The highest BCUT2D eigenvalue weighted by molar-refractivity contribution is 7.73. The Morgan fingerprint density at radius 1 is 0.630 bits per heavy atom. The predicted octanol–water partition coefficient (Wildman–Crippen LogP) is -2.60. The summed E-state index contributed by atoms with van der Waals surface area (Å²) >= 11 is 0. The van der Waals surface area contributed by atoms with Crippen LogP contribution in [0, 0.1) is 0 Å². The van der Waals surface area contributed by atoms with E-state index in [-0.39, 0.29) is 12.8 Å². The van der Waals surface area contributed by atoms with Gasteiger partial charge in [0.25, 0.3) is 10.2 Å². The standard InChI is InChI=1S/C6H18N2O6P2.C6H17NO7P2.C4H13NO7P2/c1-3-8-5(2)4-6(7,15(9,10)11)16(12,13)14;1-4-5(7(2)3)6(8,15(9,10)11)16(12,13)14;1-2-3(5)4(6,13(7,8)9)14(10,11)12/h5,8H,3-4,7H2,1-2H3,(H2,9,10,11)(H2,12,13,14);5,8H,4H2,1-3H3,(H2,9,10,11)(H2,12,13,14);3,6H,2,5H2,1H3,(H2,7,8,9)(H2,10,11,12). The third-order valence-corrected chi connectivity index (χ3v) is 18.0. The van der Waals surface area contributed by atoms with Crippen molar-refractivity contribution in [1.82, 2.24) is 10.2 Å². The molecule has 0 aromatic heterocycles. The van der Waals surface area contributed by atoms with Crippen molar-refractivity contribution >= 4 is 45.6 Å². The van der Waals surface area contributed by atoms with E-state index in [9.17, 15) is 37.6 Å². The number of nitrogens with zero attached hydrogens (tertiary/aromatic N) is 1. The molecule has 0 heterocycles. The topological polar surface area (TPSA) is 453 Å². The average Bonchev–Trinajstić information content (AvgIpc) is 2.79. The largest absolute Gasteiger partial charge is 0.371 e. The Balaban J connectivity index is -0.000000605. The van der Waals surface area contributed by atoms with Crippen LogP contribution in [0.15, 0.2) is 0 Å². The first-order chi connectivity index (χ1) is 19.8. The molecule has 0 aromatic rings. The highest BCUT2D eigenvalue weighted by Gasteiger charge is 2.65. The minimum Gasteiger partial charge on any atom is -0.366 e. The fourth-order valence-corrected chi connectivity index (χ4v) is 11.6. The monoisotopic (exact) mass is 802 g/mol. The number of aliphatic hydroxyl groups is 2. The summed E-state index contributed by atoms with van der Waals surface area (Å²) in [5, 5.41) is 12.1. The van der Waals surface area contributed by atoms with Crippen LogP contribution in [0.3, 0.4) is 0 Å². The fraction of sp³-hybridized carbons (Fsp3) is 1.00. The normalized spacial score (nSPS) is 16.5. The second kappa shape index (κ2) is 17.7. The van der Waals surface area contributed by atoms with E-state index in [4.69, 9.17) is 70.2 Å². The van der Waals surface area contributed by atoms with Gasteiger partial charge in [0.2, 0.25) is 5.02 Å². The molecule has 0 fully saturated rings. The zero-order valence-corrected chi connectivity index (χ0v) is 30.9. The summed E-state index contributed by atoms with van der Waals surface area (Å²) in [6, 6.07) is -3.58. The Morgan fingerprint density at radius 3 is 1.07 bits per heavy atom. The van der Waals surface area contributed by atoms with Gasteiger partial charge >= 0.3 is 45.6 Å². The maximum absolute atomic E-state index is 11.1. The molecule has 0 saturated heterocycles. The number of hydrogen-bond acceptors (Lipinski definition) is 12. The highest BCUT2D eigenvalue weighted by Crippen LogP contribution is 2.70. The lowest BCUT2D eigenvalue weighted by molar-refractivity contribution is 0.0529. The summed E-state index contributed by atoms with van der Waals surface area (Å²) in [5.41, 5.74) is 10.3. The summed E-state index contributed by atoms with van der Waals surface area (Å²) < 4.78 is 66.0. The van der Waals surface area contributed by atoms with Crippen molar-refractivity contribution in [3.63, 3.8) is 0 Å². The number of hydrogen-bond donors (Lipinski definition) is 17. The van der Waals surface area contributed by atoms with E-state index in [1.54, 1.807) is 6.92 Å². The SMILES string of the molecule is CCC(N(C)C)C(O)(P(=O)(O)O)P(=O)(O)O.CCC(N)C(O)(P(=O)(O)O)P(=O)(O)O.CCNC(C)CC(N)(P(=O)(O)O)P(=O)(O)O. The van der Waals surface area contributed by atoms with Crippen LogP contribution in [-0.2, 0) is 27.4 Å². The van der Waals surface area contributed by atoms with E-state index >= 15 is 0 Å². The first-order valence-corrected chi connectivity index (χ1v) is 22.2. The molecule has 0 bridgehead atoms. The molecule has 0 amide bonds. The minimum absolute atomic E-state index is 0.0281. The van der Waals surface area contributed by atoms with E-state index in [0.29, 0.717) is 6.54 Å². The van der Waals surface area contributed by atoms with Crippen LogP contribution in [0.1, 0.15) is 47.0 Å². The van der Waals surface area contributed by atoms with Crippen molar-refractivity contribution in [1.29, 1.82) is 0 Å². The maximum Gasteiger partial charge on any atom is 0.371 e. The van der Waals surface area contributed by atoms with E-state index in [1.165, 1.54) is 34.9 Å². The highest BCUT2D eigenvalue weighted by atomic mass is 31.3. The van der Waals surface area contributed by atoms with E-state index in [0.717, 1.165) is 4.90 Å². The van der Waals surface area contributed by atoms with Crippen LogP contribution in [0.5, 0.6) is 0 Å². The zero-order valence-electron chi connectivity index (χ0n) is 25.6. The molecule has 0 aromatic carbocycles. The van der Waals surface area contributed by atoms with Crippen molar-refractivity contribution in [2.45, 2.75) is 80.3 Å². The molecule has 3 atom stereocenters. The first kappa shape index (κ1) is 51.0. The number of rotatable bonds is 15. The van der Waals surface area contributed by atoms with Crippen molar-refractivity contribution in [2.75, 3.05) is 20.6 Å². The predicted molar refractivity (Wildman–Crippen MR) is 163 cm³/mol. The smallest absolute Gasteiger partial charge is 0.366 e. The molecule has 30 heteroatoms. The molecule has 0 saturated carbocycles. The first-order valence-electron chi connectivity index (χ1n) is 12.6. The van der Waals surface area contributed by atoms with Crippen molar-refractivity contribution in [2.24, 2.45) is 11.5 Å². The molecule has 24 nitrogen and oxygen atoms in total. The van der Waals surface area contributed by atoms with E-state index in [2.05, 4.69) is 5.32 Å². The molecule has 46 heavy (non-hydrogen) atoms. The molecule has 0 spiro atoms. The molecule has 19 N–H and O–H groups in total. The Kier molecular flexibility index (Phi) is 19.7.